The van der Waals surface area contributed by atoms with Crippen LogP contribution < -0.4 is 10.1 Å². The maximum atomic E-state index is 13.1. The molecular formula is C23H33FN2O5S. The lowest BCUT2D eigenvalue weighted by molar-refractivity contribution is -0.128. The summed E-state index contributed by atoms with van der Waals surface area (Å²) in [5.74, 6) is 1.27. The largest absolute Gasteiger partial charge is 0.489 e. The summed E-state index contributed by atoms with van der Waals surface area (Å²) in [6.45, 7) is 8.55. The Morgan fingerprint density at radius 3 is 2.56 bits per heavy atom. The molecule has 0 spiro atoms. The van der Waals surface area contributed by atoms with Gasteiger partial charge in [-0.2, -0.15) is 0 Å². The van der Waals surface area contributed by atoms with Crippen molar-refractivity contribution in [2.75, 3.05) is 32.0 Å². The highest BCUT2D eigenvalue weighted by Gasteiger charge is 2.22. The van der Waals surface area contributed by atoms with Crippen LogP contribution in [-0.2, 0) is 20.3 Å². The number of alkyl carbamates (subject to hydrolysis) is 1. The van der Waals surface area contributed by atoms with Crippen LogP contribution in [0.2, 0.25) is 0 Å². The third kappa shape index (κ3) is 8.98. The molecule has 1 aliphatic rings. The van der Waals surface area contributed by atoms with Crippen molar-refractivity contribution in [3.63, 3.8) is 0 Å². The van der Waals surface area contributed by atoms with E-state index < -0.39 is 22.5 Å². The van der Waals surface area contributed by atoms with Crippen LogP contribution >= 0.6 is 0 Å². The normalized spacial score (nSPS) is 16.6. The first kappa shape index (κ1) is 25.8. The Bertz CT molecular complexity index is 836. The van der Waals surface area contributed by atoms with Crippen LogP contribution in [0.25, 0.3) is 0 Å². The smallest absolute Gasteiger partial charge is 0.407 e. The molecule has 1 heterocycles. The van der Waals surface area contributed by atoms with Crippen LogP contribution in [-0.4, -0.2) is 58.7 Å². The van der Waals surface area contributed by atoms with Crippen LogP contribution in [0, 0.1) is 5.92 Å². The van der Waals surface area contributed by atoms with Crippen molar-refractivity contribution < 1.29 is 27.7 Å². The quantitative estimate of drug-likeness (QED) is 0.564. The van der Waals surface area contributed by atoms with Gasteiger partial charge in [-0.25, -0.2) is 9.18 Å². The van der Waals surface area contributed by atoms with Gasteiger partial charge in [0.2, 0.25) is 5.91 Å². The molecule has 1 fully saturated rings. The summed E-state index contributed by atoms with van der Waals surface area (Å²) in [7, 11) is -1.19. The standard InChI is InChI=1S/C23H33FN2O5S/c1-17(14-26-11-5-6-21(26)27)16-32(29)20-9-7-19(8-10-20)30-15-18(12-24)13-25-22(28)31-23(2,3)4/h7-10,12,17H,5-6,11,13-16H2,1-4H3,(H,25,28)/b18-12+. The Balaban J connectivity index is 1.78. The summed E-state index contributed by atoms with van der Waals surface area (Å²) >= 11 is 0. The number of carbonyl (C=O) groups excluding carboxylic acids is 2. The number of carbonyl (C=O) groups is 2. The topological polar surface area (TPSA) is 84.9 Å². The van der Waals surface area contributed by atoms with Gasteiger partial charge in [0.1, 0.15) is 18.0 Å². The second kappa shape index (κ2) is 12.0. The van der Waals surface area contributed by atoms with E-state index in [0.29, 0.717) is 35.7 Å². The van der Waals surface area contributed by atoms with Crippen molar-refractivity contribution in [2.24, 2.45) is 5.92 Å². The molecule has 0 saturated carbocycles. The van der Waals surface area contributed by atoms with Crippen LogP contribution in [0.1, 0.15) is 40.5 Å². The zero-order chi connectivity index (χ0) is 23.7. The van der Waals surface area contributed by atoms with Gasteiger partial charge >= 0.3 is 6.09 Å². The molecule has 1 aromatic carbocycles. The molecule has 0 aliphatic carbocycles. The molecule has 0 radical (unpaired) electrons. The molecule has 1 saturated heterocycles. The van der Waals surface area contributed by atoms with Crippen LogP contribution in [0.5, 0.6) is 5.75 Å². The fraction of sp³-hybridized carbons (Fsp3) is 0.565. The minimum atomic E-state index is -1.19. The fourth-order valence-corrected chi connectivity index (χ4v) is 4.42. The van der Waals surface area contributed by atoms with Crippen molar-refractivity contribution in [1.82, 2.24) is 10.2 Å². The minimum absolute atomic E-state index is 0.0368. The lowest BCUT2D eigenvalue weighted by Crippen LogP contribution is -2.34. The van der Waals surface area contributed by atoms with Crippen molar-refractivity contribution in [3.8, 4) is 5.75 Å². The molecule has 9 heteroatoms. The van der Waals surface area contributed by atoms with E-state index in [1.165, 1.54) is 0 Å². The van der Waals surface area contributed by atoms with Crippen molar-refractivity contribution in [2.45, 2.75) is 51.0 Å². The first-order chi connectivity index (χ1) is 15.1. The molecule has 2 unspecified atom stereocenters. The number of nitrogens with zero attached hydrogens (tertiary/aromatic N) is 1. The monoisotopic (exact) mass is 468 g/mol. The van der Waals surface area contributed by atoms with E-state index in [-0.39, 0.29) is 30.5 Å². The Morgan fingerprint density at radius 2 is 2.00 bits per heavy atom. The maximum absolute atomic E-state index is 13.1. The molecule has 0 aromatic heterocycles. The number of ether oxygens (including phenoxy) is 2. The van der Waals surface area contributed by atoms with Crippen molar-refractivity contribution >= 4 is 22.8 Å². The SMILES string of the molecule is CC(CN1CCCC1=O)CS(=O)c1ccc(OC/C(=C/F)CNC(=O)OC(C)(C)C)cc1. The lowest BCUT2D eigenvalue weighted by Gasteiger charge is -2.20. The number of halogens is 1. The van der Waals surface area contributed by atoms with Gasteiger partial charge in [-0.15, -0.1) is 0 Å². The number of benzene rings is 1. The molecule has 178 valence electrons. The van der Waals surface area contributed by atoms with Gasteiger partial charge in [0.25, 0.3) is 0 Å². The molecule has 32 heavy (non-hydrogen) atoms. The van der Waals surface area contributed by atoms with E-state index in [1.54, 1.807) is 45.0 Å². The maximum Gasteiger partial charge on any atom is 0.407 e. The highest BCUT2D eigenvalue weighted by molar-refractivity contribution is 7.85. The van der Waals surface area contributed by atoms with Gasteiger partial charge in [0.05, 0.1) is 17.1 Å². The van der Waals surface area contributed by atoms with E-state index in [9.17, 15) is 18.2 Å². The van der Waals surface area contributed by atoms with Gasteiger partial charge in [-0.05, 0) is 57.4 Å². The number of nitrogens with one attached hydrogen (secondary N) is 1. The number of likely N-dealkylation sites (tertiary alicyclic amines) is 1. The van der Waals surface area contributed by atoms with E-state index in [2.05, 4.69) is 5.32 Å². The molecule has 2 amide bonds. The van der Waals surface area contributed by atoms with E-state index in [1.807, 2.05) is 11.8 Å². The minimum Gasteiger partial charge on any atom is -0.489 e. The summed E-state index contributed by atoms with van der Waals surface area (Å²) in [5.41, 5.74) is -0.389. The van der Waals surface area contributed by atoms with Gasteiger partial charge in [-0.3, -0.25) is 9.00 Å². The molecule has 0 bridgehead atoms. The van der Waals surface area contributed by atoms with Gasteiger partial charge < -0.3 is 19.7 Å². The number of rotatable bonds is 10. The number of hydrogen-bond acceptors (Lipinski definition) is 5. The van der Waals surface area contributed by atoms with E-state index >= 15 is 0 Å². The molecular weight excluding hydrogens is 435 g/mol. The van der Waals surface area contributed by atoms with Gasteiger partial charge in [0.15, 0.2) is 0 Å². The summed E-state index contributed by atoms with van der Waals surface area (Å²) in [6, 6.07) is 6.80. The summed E-state index contributed by atoms with van der Waals surface area (Å²) < 4.78 is 36.4. The Labute approximate surface area is 191 Å². The molecule has 2 atom stereocenters. The molecule has 1 N–H and O–H groups in total. The predicted molar refractivity (Wildman–Crippen MR) is 122 cm³/mol. The number of hydrogen-bond donors (Lipinski definition) is 1. The predicted octanol–water partition coefficient (Wildman–Crippen LogP) is 3.81. The summed E-state index contributed by atoms with van der Waals surface area (Å²) in [6.07, 6.45) is 1.26. The third-order valence-corrected chi connectivity index (χ3v) is 6.33. The second-order valence-corrected chi connectivity index (χ2v) is 10.4. The number of amides is 2. The second-order valence-electron chi connectivity index (χ2n) is 8.94. The zero-order valence-electron chi connectivity index (χ0n) is 19.2. The third-order valence-electron chi connectivity index (χ3n) is 4.66. The molecule has 1 aliphatic heterocycles. The first-order valence-electron chi connectivity index (χ1n) is 10.7. The van der Waals surface area contributed by atoms with Gasteiger partial charge in [-0.1, -0.05) is 6.92 Å². The van der Waals surface area contributed by atoms with Crippen LogP contribution in [0.3, 0.4) is 0 Å². The summed E-state index contributed by atoms with van der Waals surface area (Å²) in [4.78, 5) is 25.9. The average molecular weight is 469 g/mol. The van der Waals surface area contributed by atoms with Crippen LogP contribution in [0.15, 0.2) is 41.1 Å². The molecule has 2 rings (SSSR count). The molecule has 1 aromatic rings. The first-order valence-corrected chi connectivity index (χ1v) is 12.0. The zero-order valence-corrected chi connectivity index (χ0v) is 20.0. The highest BCUT2D eigenvalue weighted by Crippen LogP contribution is 2.18. The average Bonchev–Trinajstić information content (AvgIpc) is 3.11. The van der Waals surface area contributed by atoms with E-state index in [0.717, 1.165) is 13.0 Å². The van der Waals surface area contributed by atoms with Crippen LogP contribution in [0.4, 0.5) is 9.18 Å². The Morgan fingerprint density at radius 1 is 1.31 bits per heavy atom. The van der Waals surface area contributed by atoms with Gasteiger partial charge in [0, 0.05) is 42.3 Å². The highest BCUT2D eigenvalue weighted by atomic mass is 32.2. The Hall–Kier alpha value is -2.42. The molecule has 7 nitrogen and oxygen atoms in total. The van der Waals surface area contributed by atoms with Crippen molar-refractivity contribution in [1.29, 1.82) is 0 Å². The lowest BCUT2D eigenvalue weighted by atomic mass is 10.2. The van der Waals surface area contributed by atoms with Crippen molar-refractivity contribution in [3.05, 3.63) is 36.2 Å². The van der Waals surface area contributed by atoms with E-state index in [4.69, 9.17) is 9.47 Å². The Kier molecular flexibility index (Phi) is 9.68. The summed E-state index contributed by atoms with van der Waals surface area (Å²) in [5, 5.41) is 2.48. The fourth-order valence-electron chi connectivity index (χ4n) is 3.17.